The van der Waals surface area contributed by atoms with E-state index in [1.807, 2.05) is 54.5 Å². The number of aromatic nitrogens is 1. The van der Waals surface area contributed by atoms with E-state index in [0.29, 0.717) is 16.7 Å². The summed E-state index contributed by atoms with van der Waals surface area (Å²) in [4.78, 5) is 4.35. The fourth-order valence-electron chi connectivity index (χ4n) is 3.95. The molecule has 5 N–H and O–H groups in total. The summed E-state index contributed by atoms with van der Waals surface area (Å²) in [5.74, 6) is 0.809. The first-order valence-corrected chi connectivity index (χ1v) is 10.8. The normalized spacial score (nSPS) is 11.7. The molecule has 4 aromatic rings. The van der Waals surface area contributed by atoms with Crippen molar-refractivity contribution in [3.8, 4) is 0 Å². The summed E-state index contributed by atoms with van der Waals surface area (Å²) in [6.45, 7) is 0. The summed E-state index contributed by atoms with van der Waals surface area (Å²) in [5, 5.41) is 2.57. The number of nitrogens with two attached hydrogens (primary N) is 2. The molecule has 4 rings (SSSR count). The number of halogens is 1. The third kappa shape index (κ3) is 4.95. The molecule has 0 spiro atoms. The highest BCUT2D eigenvalue weighted by atomic mass is 35.5. The molecule has 32 heavy (non-hydrogen) atoms. The van der Waals surface area contributed by atoms with E-state index in [1.165, 1.54) is 11.1 Å². The number of rotatable bonds is 7. The van der Waals surface area contributed by atoms with E-state index in [0.717, 1.165) is 23.4 Å². The average Bonchev–Trinajstić information content (AvgIpc) is 2.79. The van der Waals surface area contributed by atoms with Crippen molar-refractivity contribution in [3.63, 3.8) is 0 Å². The molecule has 162 valence electrons. The number of anilines is 4. The van der Waals surface area contributed by atoms with Crippen molar-refractivity contribution in [1.29, 1.82) is 0 Å². The Morgan fingerprint density at radius 3 is 2.19 bits per heavy atom. The summed E-state index contributed by atoms with van der Waals surface area (Å²) >= 11 is 6.03. The summed E-state index contributed by atoms with van der Waals surface area (Å²) in [6.07, 6.45) is 0.801. The molecule has 0 saturated heterocycles. The van der Waals surface area contributed by atoms with Gasteiger partial charge in [-0.3, -0.25) is 10.4 Å². The Bertz CT molecular complexity index is 1160. The zero-order valence-corrected chi connectivity index (χ0v) is 18.6. The second kappa shape index (κ2) is 9.62. The molecule has 1 atom stereocenters. The van der Waals surface area contributed by atoms with Crippen molar-refractivity contribution >= 4 is 34.6 Å². The number of pyridine rings is 1. The lowest BCUT2D eigenvalue weighted by Gasteiger charge is -2.29. The van der Waals surface area contributed by atoms with E-state index >= 15 is 0 Å². The SMILES string of the molecule is CN(Nc1ccc(Cl)cc1)c1c(C(Cc2ccccc2)c2ccccc2)cc(N)nc1N. The van der Waals surface area contributed by atoms with E-state index in [1.54, 1.807) is 0 Å². The van der Waals surface area contributed by atoms with Crippen LogP contribution in [0.3, 0.4) is 0 Å². The van der Waals surface area contributed by atoms with Gasteiger partial charge in [-0.2, -0.15) is 0 Å². The van der Waals surface area contributed by atoms with Crippen molar-refractivity contribution < 1.29 is 0 Å². The van der Waals surface area contributed by atoms with Gasteiger partial charge in [-0.1, -0.05) is 72.3 Å². The average molecular weight is 444 g/mol. The van der Waals surface area contributed by atoms with Gasteiger partial charge in [0.1, 0.15) is 11.5 Å². The molecule has 0 aliphatic heterocycles. The van der Waals surface area contributed by atoms with Crippen LogP contribution >= 0.6 is 11.6 Å². The third-order valence-corrected chi connectivity index (χ3v) is 5.66. The Balaban J connectivity index is 1.79. The molecule has 0 radical (unpaired) electrons. The number of hydrazine groups is 1. The lowest BCUT2D eigenvalue weighted by Crippen LogP contribution is -2.28. The predicted octanol–water partition coefficient (Wildman–Crippen LogP) is 5.74. The van der Waals surface area contributed by atoms with Crippen LogP contribution in [0.4, 0.5) is 23.0 Å². The molecule has 0 fully saturated rings. The van der Waals surface area contributed by atoms with Crippen LogP contribution in [-0.2, 0) is 6.42 Å². The van der Waals surface area contributed by atoms with Gasteiger partial charge >= 0.3 is 0 Å². The minimum absolute atomic E-state index is 0.0377. The maximum absolute atomic E-state index is 6.42. The van der Waals surface area contributed by atoms with Crippen LogP contribution < -0.4 is 21.9 Å². The quantitative estimate of drug-likeness (QED) is 0.317. The maximum Gasteiger partial charge on any atom is 0.151 e. The topological polar surface area (TPSA) is 80.2 Å². The standard InChI is InChI=1S/C26H26ClN5/c1-32(31-21-14-12-20(27)13-15-21)25-23(17-24(28)30-26(25)29)22(19-10-6-3-7-11-19)16-18-8-4-2-5-9-18/h2-15,17,22,31H,16H2,1H3,(H4,28,29,30). The number of nitrogen functional groups attached to an aromatic ring is 2. The van der Waals surface area contributed by atoms with Crippen LogP contribution in [0, 0.1) is 0 Å². The van der Waals surface area contributed by atoms with Crippen molar-refractivity contribution in [2.24, 2.45) is 0 Å². The van der Waals surface area contributed by atoms with Gasteiger partial charge in [0.2, 0.25) is 0 Å². The van der Waals surface area contributed by atoms with E-state index in [4.69, 9.17) is 23.1 Å². The highest BCUT2D eigenvalue weighted by Crippen LogP contribution is 2.38. The largest absolute Gasteiger partial charge is 0.384 e. The first-order chi connectivity index (χ1) is 15.5. The van der Waals surface area contributed by atoms with Gasteiger partial charge in [0.05, 0.1) is 5.69 Å². The zero-order valence-electron chi connectivity index (χ0n) is 17.9. The lowest BCUT2D eigenvalue weighted by molar-refractivity contribution is 0.799. The third-order valence-electron chi connectivity index (χ3n) is 5.41. The fraction of sp³-hybridized carbons (Fsp3) is 0.115. The molecule has 0 bridgehead atoms. The zero-order chi connectivity index (χ0) is 22.5. The lowest BCUT2D eigenvalue weighted by atomic mass is 9.85. The van der Waals surface area contributed by atoms with Crippen LogP contribution in [0.2, 0.25) is 5.02 Å². The molecule has 1 heterocycles. The summed E-state index contributed by atoms with van der Waals surface area (Å²) in [5.41, 5.74) is 21.0. The highest BCUT2D eigenvalue weighted by Gasteiger charge is 2.23. The van der Waals surface area contributed by atoms with Gasteiger partial charge in [-0.25, -0.2) is 4.98 Å². The van der Waals surface area contributed by atoms with Crippen LogP contribution in [0.5, 0.6) is 0 Å². The van der Waals surface area contributed by atoms with Crippen molar-refractivity contribution in [2.75, 3.05) is 28.9 Å². The highest BCUT2D eigenvalue weighted by molar-refractivity contribution is 6.30. The number of nitrogens with zero attached hydrogens (tertiary/aromatic N) is 2. The second-order valence-corrected chi connectivity index (χ2v) is 8.14. The predicted molar refractivity (Wildman–Crippen MR) is 135 cm³/mol. The smallest absolute Gasteiger partial charge is 0.151 e. The molecule has 5 nitrogen and oxygen atoms in total. The van der Waals surface area contributed by atoms with E-state index in [2.05, 4.69) is 58.9 Å². The molecule has 3 aromatic carbocycles. The molecule has 1 unspecified atom stereocenters. The van der Waals surface area contributed by atoms with Gasteiger partial charge in [-0.15, -0.1) is 0 Å². The maximum atomic E-state index is 6.42. The number of hydrogen-bond donors (Lipinski definition) is 3. The van der Waals surface area contributed by atoms with Gasteiger partial charge in [0, 0.05) is 18.0 Å². The minimum atomic E-state index is 0.0377. The Labute approximate surface area is 193 Å². The van der Waals surface area contributed by atoms with Gasteiger partial charge in [0.15, 0.2) is 5.82 Å². The second-order valence-electron chi connectivity index (χ2n) is 7.70. The van der Waals surface area contributed by atoms with E-state index < -0.39 is 0 Å². The first-order valence-electron chi connectivity index (χ1n) is 10.4. The monoisotopic (exact) mass is 443 g/mol. The number of hydrogen-bond acceptors (Lipinski definition) is 5. The fourth-order valence-corrected chi connectivity index (χ4v) is 4.07. The van der Waals surface area contributed by atoms with Gasteiger partial charge in [0.25, 0.3) is 0 Å². The Kier molecular flexibility index (Phi) is 6.47. The number of nitrogens with one attached hydrogen (secondary N) is 1. The molecule has 0 saturated carbocycles. The Morgan fingerprint density at radius 1 is 0.906 bits per heavy atom. The molecule has 6 heteroatoms. The van der Waals surface area contributed by atoms with E-state index in [-0.39, 0.29) is 5.92 Å². The van der Waals surface area contributed by atoms with E-state index in [9.17, 15) is 0 Å². The molecule has 1 aromatic heterocycles. The van der Waals surface area contributed by atoms with Crippen LogP contribution in [0.15, 0.2) is 91.0 Å². The molecular formula is C26H26ClN5. The first kappa shape index (κ1) is 21.5. The van der Waals surface area contributed by atoms with Crippen molar-refractivity contribution in [1.82, 2.24) is 4.98 Å². The summed E-state index contributed by atoms with van der Waals surface area (Å²) < 4.78 is 0. The Hall–Kier alpha value is -3.70. The van der Waals surface area contributed by atoms with Crippen LogP contribution in [0.1, 0.15) is 22.6 Å². The van der Waals surface area contributed by atoms with Gasteiger partial charge < -0.3 is 11.5 Å². The van der Waals surface area contributed by atoms with Crippen LogP contribution in [0.25, 0.3) is 0 Å². The molecule has 0 aliphatic rings. The molecule has 0 amide bonds. The summed E-state index contributed by atoms with van der Waals surface area (Å²) in [7, 11) is 1.92. The van der Waals surface area contributed by atoms with Crippen molar-refractivity contribution in [2.45, 2.75) is 12.3 Å². The molecular weight excluding hydrogens is 418 g/mol. The van der Waals surface area contributed by atoms with Gasteiger partial charge in [-0.05, 0) is 53.4 Å². The van der Waals surface area contributed by atoms with Crippen LogP contribution in [-0.4, -0.2) is 12.0 Å². The van der Waals surface area contributed by atoms with Crippen molar-refractivity contribution in [3.05, 3.63) is 113 Å². The minimum Gasteiger partial charge on any atom is -0.384 e. The summed E-state index contributed by atoms with van der Waals surface area (Å²) in [6, 6.07) is 30.2. The molecule has 0 aliphatic carbocycles. The Morgan fingerprint density at radius 2 is 1.53 bits per heavy atom. The number of benzene rings is 3.